The van der Waals surface area contributed by atoms with E-state index in [0.717, 1.165) is 25.7 Å². The second-order valence-corrected chi connectivity index (χ2v) is 7.53. The van der Waals surface area contributed by atoms with E-state index >= 15 is 0 Å². The van der Waals surface area contributed by atoms with Crippen molar-refractivity contribution in [3.05, 3.63) is 47.4 Å². The molecule has 0 unspecified atom stereocenters. The van der Waals surface area contributed by atoms with Crippen molar-refractivity contribution in [1.82, 2.24) is 25.0 Å². The van der Waals surface area contributed by atoms with E-state index in [0.29, 0.717) is 22.3 Å². The SMILES string of the molecule is NC(=O)c1cnc(N[C@@H]2CCCC[C@@H]2N)nc1Nc1cc(-n2nccn2)ccc1Cl. The summed E-state index contributed by atoms with van der Waals surface area (Å²) in [5, 5.41) is 15.0. The lowest BCUT2D eigenvalue weighted by Gasteiger charge is -2.29. The van der Waals surface area contributed by atoms with Gasteiger partial charge in [0.25, 0.3) is 5.91 Å². The van der Waals surface area contributed by atoms with Gasteiger partial charge >= 0.3 is 0 Å². The van der Waals surface area contributed by atoms with Gasteiger partial charge in [-0.1, -0.05) is 24.4 Å². The number of benzene rings is 1. The van der Waals surface area contributed by atoms with Crippen LogP contribution in [-0.2, 0) is 0 Å². The van der Waals surface area contributed by atoms with Crippen molar-refractivity contribution in [3.63, 3.8) is 0 Å². The van der Waals surface area contributed by atoms with Crippen LogP contribution in [0.3, 0.4) is 0 Å². The number of carbonyl (C=O) groups is 1. The summed E-state index contributed by atoms with van der Waals surface area (Å²) in [6, 6.07) is 5.33. The van der Waals surface area contributed by atoms with E-state index in [1.807, 2.05) is 0 Å². The minimum atomic E-state index is -0.653. The lowest BCUT2D eigenvalue weighted by Crippen LogP contribution is -2.43. The highest BCUT2D eigenvalue weighted by Crippen LogP contribution is 2.29. The third kappa shape index (κ3) is 4.34. The first-order chi connectivity index (χ1) is 14.5. The van der Waals surface area contributed by atoms with Crippen LogP contribution in [-0.4, -0.2) is 43.0 Å². The van der Waals surface area contributed by atoms with Crippen LogP contribution >= 0.6 is 11.6 Å². The molecule has 156 valence electrons. The Morgan fingerprint density at radius 2 is 1.97 bits per heavy atom. The fourth-order valence-electron chi connectivity index (χ4n) is 3.44. The third-order valence-electron chi connectivity index (χ3n) is 5.04. The van der Waals surface area contributed by atoms with Gasteiger partial charge in [-0.3, -0.25) is 4.79 Å². The second-order valence-electron chi connectivity index (χ2n) is 7.13. The topological polar surface area (TPSA) is 150 Å². The normalized spacial score (nSPS) is 18.7. The Labute approximate surface area is 178 Å². The van der Waals surface area contributed by atoms with Gasteiger partial charge in [-0.25, -0.2) is 4.98 Å². The summed E-state index contributed by atoms with van der Waals surface area (Å²) in [4.78, 5) is 22.1. The van der Waals surface area contributed by atoms with Crippen LogP contribution in [0.2, 0.25) is 5.02 Å². The van der Waals surface area contributed by atoms with Gasteiger partial charge in [0.05, 0.1) is 28.8 Å². The van der Waals surface area contributed by atoms with Gasteiger partial charge in [-0.2, -0.15) is 20.0 Å². The summed E-state index contributed by atoms with van der Waals surface area (Å²) in [6.45, 7) is 0. The minimum absolute atomic E-state index is 0.0299. The van der Waals surface area contributed by atoms with Gasteiger partial charge in [-0.05, 0) is 31.0 Å². The number of hydrogen-bond donors (Lipinski definition) is 4. The highest BCUT2D eigenvalue weighted by molar-refractivity contribution is 6.33. The summed E-state index contributed by atoms with van der Waals surface area (Å²) in [5.41, 5.74) is 13.1. The Balaban J connectivity index is 1.64. The molecule has 0 radical (unpaired) electrons. The summed E-state index contributed by atoms with van der Waals surface area (Å²) in [5.74, 6) is -0.0397. The van der Waals surface area contributed by atoms with Crippen molar-refractivity contribution in [2.24, 2.45) is 11.5 Å². The van der Waals surface area contributed by atoms with Crippen LogP contribution in [0.5, 0.6) is 0 Å². The van der Waals surface area contributed by atoms with Crippen molar-refractivity contribution >= 4 is 35.0 Å². The number of anilines is 3. The van der Waals surface area contributed by atoms with E-state index in [1.165, 1.54) is 11.0 Å². The van der Waals surface area contributed by atoms with Gasteiger partial charge < -0.3 is 22.1 Å². The van der Waals surface area contributed by atoms with Gasteiger partial charge in [0.2, 0.25) is 5.95 Å². The molecule has 0 bridgehead atoms. The highest BCUT2D eigenvalue weighted by atomic mass is 35.5. The summed E-state index contributed by atoms with van der Waals surface area (Å²) >= 11 is 6.35. The number of hydrogen-bond acceptors (Lipinski definition) is 8. The number of primary amides is 1. The number of carbonyl (C=O) groups excluding carboxylic acids is 1. The van der Waals surface area contributed by atoms with Gasteiger partial charge in [-0.15, -0.1) is 0 Å². The standard InChI is InChI=1S/C19H22ClN9O/c20-13-6-5-11(29-24-7-8-25-29)9-16(13)26-18-12(17(22)30)10-23-19(28-18)27-15-4-2-1-3-14(15)21/h5-10,14-15H,1-4,21H2,(H2,22,30)(H2,23,26,27,28)/t14-,15+/m0/s1. The third-order valence-corrected chi connectivity index (χ3v) is 5.37. The van der Waals surface area contributed by atoms with Crippen molar-refractivity contribution in [1.29, 1.82) is 0 Å². The maximum absolute atomic E-state index is 11.9. The molecule has 1 amide bonds. The van der Waals surface area contributed by atoms with E-state index in [-0.39, 0.29) is 23.5 Å². The molecule has 10 nitrogen and oxygen atoms in total. The second kappa shape index (κ2) is 8.64. The van der Waals surface area contributed by atoms with Crippen LogP contribution < -0.4 is 22.1 Å². The fourth-order valence-corrected chi connectivity index (χ4v) is 3.61. The summed E-state index contributed by atoms with van der Waals surface area (Å²) < 4.78 is 0. The number of nitrogens with zero attached hydrogens (tertiary/aromatic N) is 5. The fraction of sp³-hybridized carbons (Fsp3) is 0.316. The monoisotopic (exact) mass is 427 g/mol. The Morgan fingerprint density at radius 3 is 2.70 bits per heavy atom. The molecule has 0 saturated heterocycles. The predicted octanol–water partition coefficient (Wildman–Crippen LogP) is 2.23. The molecule has 1 aromatic carbocycles. The Kier molecular flexibility index (Phi) is 5.77. The van der Waals surface area contributed by atoms with Gasteiger partial charge in [0.1, 0.15) is 11.4 Å². The molecular formula is C19H22ClN9O. The molecule has 11 heteroatoms. The molecule has 4 rings (SSSR count). The molecule has 6 N–H and O–H groups in total. The van der Waals surface area contributed by atoms with Crippen LogP contribution in [0.15, 0.2) is 36.8 Å². The van der Waals surface area contributed by atoms with E-state index in [2.05, 4.69) is 30.8 Å². The van der Waals surface area contributed by atoms with Crippen molar-refractivity contribution in [2.75, 3.05) is 10.6 Å². The van der Waals surface area contributed by atoms with Crippen LogP contribution in [0.4, 0.5) is 17.5 Å². The quantitative estimate of drug-likeness (QED) is 0.467. The number of rotatable bonds is 6. The molecule has 30 heavy (non-hydrogen) atoms. The van der Waals surface area contributed by atoms with Crippen molar-refractivity contribution in [3.8, 4) is 5.69 Å². The summed E-state index contributed by atoms with van der Waals surface area (Å²) in [7, 11) is 0. The van der Waals surface area contributed by atoms with Crippen LogP contribution in [0.1, 0.15) is 36.0 Å². The van der Waals surface area contributed by atoms with E-state index in [1.54, 1.807) is 30.6 Å². The molecule has 2 aromatic heterocycles. The molecule has 1 fully saturated rings. The molecule has 3 aromatic rings. The zero-order valence-corrected chi connectivity index (χ0v) is 16.9. The van der Waals surface area contributed by atoms with Crippen molar-refractivity contribution in [2.45, 2.75) is 37.8 Å². The Morgan fingerprint density at radius 1 is 1.20 bits per heavy atom. The lowest BCUT2D eigenvalue weighted by atomic mass is 9.91. The molecule has 1 aliphatic rings. The van der Waals surface area contributed by atoms with Gasteiger partial charge in [0, 0.05) is 18.3 Å². The first-order valence-corrected chi connectivity index (χ1v) is 10.0. The number of halogens is 1. The zero-order valence-electron chi connectivity index (χ0n) is 16.1. The average molecular weight is 428 g/mol. The first kappa shape index (κ1) is 20.0. The molecule has 1 aliphatic carbocycles. The molecule has 2 heterocycles. The maximum Gasteiger partial charge on any atom is 0.254 e. The first-order valence-electron chi connectivity index (χ1n) is 9.63. The predicted molar refractivity (Wildman–Crippen MR) is 114 cm³/mol. The van der Waals surface area contributed by atoms with Crippen LogP contribution in [0, 0.1) is 0 Å². The Bertz CT molecular complexity index is 1040. The van der Waals surface area contributed by atoms with E-state index in [4.69, 9.17) is 23.1 Å². The number of aromatic nitrogens is 5. The molecular weight excluding hydrogens is 406 g/mol. The summed E-state index contributed by atoms with van der Waals surface area (Å²) in [6.07, 6.45) is 8.65. The number of amides is 1. The average Bonchev–Trinajstić information content (AvgIpc) is 3.26. The highest BCUT2D eigenvalue weighted by Gasteiger charge is 2.23. The Hall–Kier alpha value is -3.24. The molecule has 1 saturated carbocycles. The smallest absolute Gasteiger partial charge is 0.254 e. The molecule has 0 spiro atoms. The van der Waals surface area contributed by atoms with Crippen molar-refractivity contribution < 1.29 is 4.79 Å². The largest absolute Gasteiger partial charge is 0.365 e. The van der Waals surface area contributed by atoms with E-state index in [9.17, 15) is 4.79 Å². The number of nitrogens with two attached hydrogens (primary N) is 2. The maximum atomic E-state index is 11.9. The molecule has 0 aliphatic heterocycles. The van der Waals surface area contributed by atoms with Gasteiger partial charge in [0.15, 0.2) is 0 Å². The zero-order chi connectivity index (χ0) is 21.1. The molecule has 2 atom stereocenters. The van der Waals surface area contributed by atoms with Crippen LogP contribution in [0.25, 0.3) is 5.69 Å². The number of nitrogens with one attached hydrogen (secondary N) is 2. The lowest BCUT2D eigenvalue weighted by molar-refractivity contribution is 0.100. The minimum Gasteiger partial charge on any atom is -0.365 e. The van der Waals surface area contributed by atoms with E-state index < -0.39 is 5.91 Å².